The molecule has 0 spiro atoms. The molecule has 0 N–H and O–H groups in total. The predicted molar refractivity (Wildman–Crippen MR) is 50.4 cm³/mol. The molecule has 1 aromatic rings. The highest BCUT2D eigenvalue weighted by molar-refractivity contribution is 6.30. The fourth-order valence-corrected chi connectivity index (χ4v) is 1.37. The molecule has 0 nitrogen and oxygen atoms in total. The summed E-state index contributed by atoms with van der Waals surface area (Å²) in [5, 5.41) is 0.0859. The minimum absolute atomic E-state index is 0.0713. The van der Waals surface area contributed by atoms with Crippen molar-refractivity contribution < 1.29 is 4.39 Å². The van der Waals surface area contributed by atoms with E-state index in [1.807, 2.05) is 6.92 Å². The number of alkyl halides is 1. The van der Waals surface area contributed by atoms with Crippen LogP contribution < -0.4 is 0 Å². The molecule has 0 bridgehead atoms. The van der Waals surface area contributed by atoms with E-state index < -0.39 is 0 Å². The van der Waals surface area contributed by atoms with Crippen molar-refractivity contribution in [3.8, 4) is 0 Å². The lowest BCUT2D eigenvalue weighted by Gasteiger charge is -2.05. The fraction of sp³-hybridized carbons (Fsp3) is 0.333. The smallest absolute Gasteiger partial charge is 0.145 e. The molecule has 1 unspecified atom stereocenters. The van der Waals surface area contributed by atoms with Crippen LogP contribution in [0.1, 0.15) is 12.5 Å². The molecule has 12 heavy (non-hydrogen) atoms. The van der Waals surface area contributed by atoms with E-state index in [9.17, 15) is 4.39 Å². The van der Waals surface area contributed by atoms with Gasteiger partial charge < -0.3 is 0 Å². The summed E-state index contributed by atoms with van der Waals surface area (Å²) in [6, 6.07) is 4.94. The minimum atomic E-state index is -0.355. The predicted octanol–water partition coefficient (Wildman–Crippen LogP) is 3.65. The molecule has 0 amide bonds. The number of hydrogen-bond donors (Lipinski definition) is 0. The van der Waals surface area contributed by atoms with Crippen molar-refractivity contribution in [3.05, 3.63) is 34.6 Å². The fourth-order valence-electron chi connectivity index (χ4n) is 1.01. The average molecular weight is 207 g/mol. The Labute approximate surface area is 81.3 Å². The van der Waals surface area contributed by atoms with Crippen molar-refractivity contribution >= 4 is 23.2 Å². The summed E-state index contributed by atoms with van der Waals surface area (Å²) in [7, 11) is 0. The quantitative estimate of drug-likeness (QED) is 0.649. The van der Waals surface area contributed by atoms with Crippen LogP contribution in [-0.2, 0) is 6.42 Å². The van der Waals surface area contributed by atoms with Gasteiger partial charge in [0.15, 0.2) is 0 Å². The number of benzene rings is 1. The van der Waals surface area contributed by atoms with Gasteiger partial charge in [0.2, 0.25) is 0 Å². The van der Waals surface area contributed by atoms with Crippen molar-refractivity contribution in [3.63, 3.8) is 0 Å². The van der Waals surface area contributed by atoms with E-state index in [0.717, 1.165) is 0 Å². The monoisotopic (exact) mass is 206 g/mol. The maximum Gasteiger partial charge on any atom is 0.145 e. The largest absolute Gasteiger partial charge is 0.205 e. The van der Waals surface area contributed by atoms with Gasteiger partial charge in [0.1, 0.15) is 5.82 Å². The molecule has 0 aliphatic carbocycles. The van der Waals surface area contributed by atoms with Crippen LogP contribution in [0.25, 0.3) is 0 Å². The Morgan fingerprint density at radius 1 is 1.50 bits per heavy atom. The average Bonchev–Trinajstić information content (AvgIpc) is 1.98. The number of rotatable bonds is 2. The Morgan fingerprint density at radius 3 is 2.75 bits per heavy atom. The summed E-state index contributed by atoms with van der Waals surface area (Å²) >= 11 is 11.3. The summed E-state index contributed by atoms with van der Waals surface area (Å²) in [5.74, 6) is -0.355. The first-order chi connectivity index (χ1) is 5.61. The van der Waals surface area contributed by atoms with Crippen LogP contribution in [0.3, 0.4) is 0 Å². The van der Waals surface area contributed by atoms with Crippen LogP contribution in [0.15, 0.2) is 18.2 Å². The first kappa shape index (κ1) is 9.82. The van der Waals surface area contributed by atoms with Crippen LogP contribution in [0.2, 0.25) is 5.02 Å². The number of hydrogen-bond acceptors (Lipinski definition) is 0. The second kappa shape index (κ2) is 4.11. The summed E-state index contributed by atoms with van der Waals surface area (Å²) in [4.78, 5) is 0. The maximum absolute atomic E-state index is 13.2. The summed E-state index contributed by atoms with van der Waals surface area (Å²) < 4.78 is 13.2. The molecule has 0 saturated carbocycles. The van der Waals surface area contributed by atoms with Crippen molar-refractivity contribution in [1.29, 1.82) is 0 Å². The van der Waals surface area contributed by atoms with Gasteiger partial charge in [0, 0.05) is 5.38 Å². The normalized spacial score (nSPS) is 13.0. The molecule has 0 radical (unpaired) electrons. The molecule has 0 fully saturated rings. The Balaban J connectivity index is 2.92. The number of halogens is 3. The molecule has 1 rings (SSSR count). The van der Waals surface area contributed by atoms with Crippen molar-refractivity contribution in [2.24, 2.45) is 0 Å². The van der Waals surface area contributed by atoms with E-state index in [1.54, 1.807) is 12.1 Å². The first-order valence-corrected chi connectivity index (χ1v) is 4.49. The minimum Gasteiger partial charge on any atom is -0.205 e. The lowest BCUT2D eigenvalue weighted by atomic mass is 10.1. The lowest BCUT2D eigenvalue weighted by molar-refractivity contribution is 0.608. The molecule has 0 aliphatic rings. The van der Waals surface area contributed by atoms with Gasteiger partial charge >= 0.3 is 0 Å². The molecule has 66 valence electrons. The summed E-state index contributed by atoms with van der Waals surface area (Å²) in [6.07, 6.45) is 0.508. The molecule has 0 aliphatic heterocycles. The third-order valence-electron chi connectivity index (χ3n) is 1.53. The summed E-state index contributed by atoms with van der Waals surface area (Å²) in [5.41, 5.74) is 0.574. The SMILES string of the molecule is CC(Cl)Cc1cccc(Cl)c1F. The molecule has 3 heteroatoms. The van der Waals surface area contributed by atoms with Gasteiger partial charge in [-0.15, -0.1) is 11.6 Å². The van der Waals surface area contributed by atoms with Gasteiger partial charge in [-0.25, -0.2) is 4.39 Å². The Bertz CT molecular complexity index is 271. The molecule has 0 heterocycles. The molecule has 1 atom stereocenters. The van der Waals surface area contributed by atoms with E-state index in [2.05, 4.69) is 0 Å². The third kappa shape index (κ3) is 2.36. The first-order valence-electron chi connectivity index (χ1n) is 3.68. The Hall–Kier alpha value is -0.270. The van der Waals surface area contributed by atoms with Gasteiger partial charge in [0.25, 0.3) is 0 Å². The zero-order valence-corrected chi connectivity index (χ0v) is 8.16. The van der Waals surface area contributed by atoms with E-state index in [1.165, 1.54) is 6.07 Å². The van der Waals surface area contributed by atoms with Gasteiger partial charge in [-0.3, -0.25) is 0 Å². The van der Waals surface area contributed by atoms with Crippen LogP contribution in [0.5, 0.6) is 0 Å². The van der Waals surface area contributed by atoms with Crippen molar-refractivity contribution in [2.45, 2.75) is 18.7 Å². The molecular formula is C9H9Cl2F. The van der Waals surface area contributed by atoms with Crippen molar-refractivity contribution in [2.75, 3.05) is 0 Å². The van der Waals surface area contributed by atoms with E-state index >= 15 is 0 Å². The van der Waals surface area contributed by atoms with Gasteiger partial charge in [-0.05, 0) is 25.0 Å². The molecule has 0 aromatic heterocycles. The zero-order chi connectivity index (χ0) is 9.14. The van der Waals surface area contributed by atoms with E-state index in [-0.39, 0.29) is 16.2 Å². The second-order valence-electron chi connectivity index (χ2n) is 2.70. The highest BCUT2D eigenvalue weighted by Crippen LogP contribution is 2.19. The van der Waals surface area contributed by atoms with Crippen LogP contribution in [0.4, 0.5) is 4.39 Å². The van der Waals surface area contributed by atoms with Crippen LogP contribution >= 0.6 is 23.2 Å². The van der Waals surface area contributed by atoms with E-state index in [0.29, 0.717) is 12.0 Å². The standard InChI is InChI=1S/C9H9Cl2F/c1-6(10)5-7-3-2-4-8(11)9(7)12/h2-4,6H,5H2,1H3. The van der Waals surface area contributed by atoms with Gasteiger partial charge in [0.05, 0.1) is 5.02 Å². The molecule has 1 aromatic carbocycles. The molecular weight excluding hydrogens is 198 g/mol. The highest BCUT2D eigenvalue weighted by atomic mass is 35.5. The zero-order valence-electron chi connectivity index (χ0n) is 6.65. The Kier molecular flexibility index (Phi) is 3.36. The third-order valence-corrected chi connectivity index (χ3v) is 1.98. The van der Waals surface area contributed by atoms with E-state index in [4.69, 9.17) is 23.2 Å². The van der Waals surface area contributed by atoms with Crippen LogP contribution in [0, 0.1) is 5.82 Å². The topological polar surface area (TPSA) is 0 Å². The molecule has 0 saturated heterocycles. The van der Waals surface area contributed by atoms with Gasteiger partial charge in [-0.2, -0.15) is 0 Å². The van der Waals surface area contributed by atoms with Crippen LogP contribution in [-0.4, -0.2) is 5.38 Å². The van der Waals surface area contributed by atoms with Crippen molar-refractivity contribution in [1.82, 2.24) is 0 Å². The second-order valence-corrected chi connectivity index (χ2v) is 3.85. The lowest BCUT2D eigenvalue weighted by Crippen LogP contribution is -1.99. The summed E-state index contributed by atoms with van der Waals surface area (Å²) in [6.45, 7) is 1.82. The van der Waals surface area contributed by atoms with Gasteiger partial charge in [-0.1, -0.05) is 23.7 Å². The maximum atomic E-state index is 13.2. The Morgan fingerprint density at radius 2 is 2.17 bits per heavy atom. The highest BCUT2D eigenvalue weighted by Gasteiger charge is 2.07.